The molecule has 0 radical (unpaired) electrons. The number of aromatic nitrogens is 1. The van der Waals surface area contributed by atoms with E-state index in [0.717, 1.165) is 12.2 Å². The number of Topliss-reactive ketones (excluding diaryl/α,β-unsaturated/α-hetero) is 1. The highest BCUT2D eigenvalue weighted by atomic mass is 16.5. The zero-order chi connectivity index (χ0) is 13.7. The number of carbonyl (C=O) groups excluding carboxylic acids is 1. The van der Waals surface area contributed by atoms with Crippen LogP contribution in [-0.4, -0.2) is 10.8 Å². The van der Waals surface area contributed by atoms with Gasteiger partial charge in [-0.2, -0.15) is 0 Å². The molecule has 1 aromatic carbocycles. The van der Waals surface area contributed by atoms with Crippen LogP contribution in [0.25, 0.3) is 0 Å². The molecule has 0 fully saturated rings. The molecule has 0 bridgehead atoms. The average Bonchev–Trinajstić information content (AvgIpc) is 2.47. The quantitative estimate of drug-likeness (QED) is 0.757. The molecule has 0 unspecified atom stereocenters. The molecular weight excluding hydrogens is 238 g/mol. The second-order valence-corrected chi connectivity index (χ2v) is 4.26. The van der Waals surface area contributed by atoms with Gasteiger partial charge >= 0.3 is 0 Å². The van der Waals surface area contributed by atoms with Gasteiger partial charge in [0.2, 0.25) is 0 Å². The van der Waals surface area contributed by atoms with E-state index in [1.54, 1.807) is 18.3 Å². The lowest BCUT2D eigenvalue weighted by molar-refractivity contribution is 0.0983. The number of hydrogen-bond acceptors (Lipinski definition) is 3. The predicted octanol–water partition coefficient (Wildman–Crippen LogP) is 4.03. The van der Waals surface area contributed by atoms with Crippen molar-refractivity contribution in [3.05, 3.63) is 53.9 Å². The largest absolute Gasteiger partial charge is 0.456 e. The van der Waals surface area contributed by atoms with Crippen molar-refractivity contribution in [2.24, 2.45) is 0 Å². The smallest absolute Gasteiger partial charge is 0.180 e. The summed E-state index contributed by atoms with van der Waals surface area (Å²) >= 11 is 0. The molecule has 2 aromatic rings. The molecule has 98 valence electrons. The first-order valence-electron chi connectivity index (χ1n) is 6.49. The number of benzene rings is 1. The van der Waals surface area contributed by atoms with Gasteiger partial charge in [0.15, 0.2) is 5.78 Å². The van der Waals surface area contributed by atoms with Crippen LogP contribution in [0.5, 0.6) is 11.5 Å². The normalized spacial score (nSPS) is 10.2. The Hall–Kier alpha value is -2.16. The van der Waals surface area contributed by atoms with Crippen LogP contribution >= 0.6 is 0 Å². The molecule has 0 spiro atoms. The minimum Gasteiger partial charge on any atom is -0.456 e. The van der Waals surface area contributed by atoms with Gasteiger partial charge in [-0.3, -0.25) is 4.79 Å². The lowest BCUT2D eigenvalue weighted by Gasteiger charge is -2.07. The monoisotopic (exact) mass is 255 g/mol. The number of ether oxygens (including phenoxy) is 1. The van der Waals surface area contributed by atoms with Crippen molar-refractivity contribution >= 4 is 5.78 Å². The van der Waals surface area contributed by atoms with Crippen LogP contribution in [0.2, 0.25) is 0 Å². The van der Waals surface area contributed by atoms with E-state index in [1.807, 2.05) is 25.1 Å². The molecule has 2 rings (SSSR count). The summed E-state index contributed by atoms with van der Waals surface area (Å²) in [5.41, 5.74) is 1.71. The molecule has 0 saturated heterocycles. The number of rotatable bonds is 5. The van der Waals surface area contributed by atoms with Crippen LogP contribution in [0.3, 0.4) is 0 Å². The molecule has 0 aliphatic rings. The van der Waals surface area contributed by atoms with E-state index in [2.05, 4.69) is 18.0 Å². The van der Waals surface area contributed by atoms with Crippen LogP contribution in [0.4, 0.5) is 0 Å². The average molecular weight is 255 g/mol. The van der Waals surface area contributed by atoms with Crippen molar-refractivity contribution in [2.45, 2.75) is 26.7 Å². The van der Waals surface area contributed by atoms with Crippen LogP contribution in [0.15, 0.2) is 42.6 Å². The molecule has 0 aliphatic carbocycles. The summed E-state index contributed by atoms with van der Waals surface area (Å²) < 4.78 is 5.72. The molecule has 0 aliphatic heterocycles. The molecule has 3 heteroatoms. The standard InChI is InChI=1S/C16H17NO2/c1-3-12-6-5-7-13(10-12)19-14-8-9-15(17-11-14)16(18)4-2/h5-11H,3-4H2,1-2H3. The summed E-state index contributed by atoms with van der Waals surface area (Å²) in [6, 6.07) is 11.4. The Morgan fingerprint density at radius 3 is 2.63 bits per heavy atom. The number of aryl methyl sites for hydroxylation is 1. The fraction of sp³-hybridized carbons (Fsp3) is 0.250. The molecular formula is C16H17NO2. The summed E-state index contributed by atoms with van der Waals surface area (Å²) in [5, 5.41) is 0. The van der Waals surface area contributed by atoms with Gasteiger partial charge in [0, 0.05) is 6.42 Å². The Bertz CT molecular complexity index is 561. The van der Waals surface area contributed by atoms with Gasteiger partial charge in [0.25, 0.3) is 0 Å². The number of pyridine rings is 1. The van der Waals surface area contributed by atoms with E-state index >= 15 is 0 Å². The number of carbonyl (C=O) groups is 1. The first-order valence-corrected chi connectivity index (χ1v) is 6.49. The summed E-state index contributed by atoms with van der Waals surface area (Å²) in [6.45, 7) is 3.93. The van der Waals surface area contributed by atoms with Crippen LogP contribution in [-0.2, 0) is 6.42 Å². The van der Waals surface area contributed by atoms with Crippen molar-refractivity contribution in [1.82, 2.24) is 4.98 Å². The number of ketones is 1. The fourth-order valence-electron chi connectivity index (χ4n) is 1.75. The van der Waals surface area contributed by atoms with E-state index in [-0.39, 0.29) is 5.78 Å². The van der Waals surface area contributed by atoms with Crippen LogP contribution in [0.1, 0.15) is 36.3 Å². The molecule has 0 saturated carbocycles. The Labute approximate surface area is 113 Å². The van der Waals surface area contributed by atoms with Gasteiger partial charge in [0.05, 0.1) is 6.20 Å². The lowest BCUT2D eigenvalue weighted by Crippen LogP contribution is -1.99. The van der Waals surface area contributed by atoms with E-state index < -0.39 is 0 Å². The van der Waals surface area contributed by atoms with Gasteiger partial charge in [-0.05, 0) is 36.2 Å². The van der Waals surface area contributed by atoms with Gasteiger partial charge in [-0.1, -0.05) is 26.0 Å². The fourth-order valence-corrected chi connectivity index (χ4v) is 1.75. The Morgan fingerprint density at radius 1 is 1.16 bits per heavy atom. The van der Waals surface area contributed by atoms with Crippen molar-refractivity contribution < 1.29 is 9.53 Å². The van der Waals surface area contributed by atoms with Crippen molar-refractivity contribution in [3.63, 3.8) is 0 Å². The summed E-state index contributed by atoms with van der Waals surface area (Å²) in [4.78, 5) is 15.6. The SMILES string of the molecule is CCC(=O)c1ccc(Oc2cccc(CC)c2)cn1. The highest BCUT2D eigenvalue weighted by Gasteiger charge is 2.05. The Morgan fingerprint density at radius 2 is 2.00 bits per heavy atom. The van der Waals surface area contributed by atoms with Gasteiger partial charge in [-0.15, -0.1) is 0 Å². The van der Waals surface area contributed by atoms with Crippen molar-refractivity contribution in [1.29, 1.82) is 0 Å². The zero-order valence-corrected chi connectivity index (χ0v) is 11.2. The van der Waals surface area contributed by atoms with Crippen molar-refractivity contribution in [3.8, 4) is 11.5 Å². The van der Waals surface area contributed by atoms with E-state index in [4.69, 9.17) is 4.74 Å². The van der Waals surface area contributed by atoms with Gasteiger partial charge in [-0.25, -0.2) is 4.98 Å². The third kappa shape index (κ3) is 3.41. The zero-order valence-electron chi connectivity index (χ0n) is 11.2. The molecule has 0 amide bonds. The molecule has 3 nitrogen and oxygen atoms in total. The minimum absolute atomic E-state index is 0.0412. The summed E-state index contributed by atoms with van der Waals surface area (Å²) in [5.74, 6) is 1.47. The van der Waals surface area contributed by atoms with Gasteiger partial charge in [0.1, 0.15) is 17.2 Å². The van der Waals surface area contributed by atoms with Gasteiger partial charge < -0.3 is 4.74 Å². The molecule has 0 atom stereocenters. The topological polar surface area (TPSA) is 39.2 Å². The second kappa shape index (κ2) is 6.14. The highest BCUT2D eigenvalue weighted by molar-refractivity contribution is 5.93. The lowest BCUT2D eigenvalue weighted by atomic mass is 10.2. The highest BCUT2D eigenvalue weighted by Crippen LogP contribution is 2.22. The summed E-state index contributed by atoms with van der Waals surface area (Å²) in [7, 11) is 0. The first-order chi connectivity index (χ1) is 9.22. The third-order valence-electron chi connectivity index (χ3n) is 2.89. The third-order valence-corrected chi connectivity index (χ3v) is 2.89. The minimum atomic E-state index is 0.0412. The Kier molecular flexibility index (Phi) is 4.29. The maximum Gasteiger partial charge on any atom is 0.180 e. The van der Waals surface area contributed by atoms with Crippen LogP contribution < -0.4 is 4.74 Å². The maximum absolute atomic E-state index is 11.5. The maximum atomic E-state index is 11.5. The van der Waals surface area contributed by atoms with E-state index in [1.165, 1.54) is 5.56 Å². The molecule has 0 N–H and O–H groups in total. The second-order valence-electron chi connectivity index (χ2n) is 4.26. The number of hydrogen-bond donors (Lipinski definition) is 0. The van der Waals surface area contributed by atoms with E-state index in [9.17, 15) is 4.79 Å². The summed E-state index contributed by atoms with van der Waals surface area (Å²) in [6.07, 6.45) is 3.02. The van der Waals surface area contributed by atoms with Crippen molar-refractivity contribution in [2.75, 3.05) is 0 Å². The van der Waals surface area contributed by atoms with E-state index in [0.29, 0.717) is 17.9 Å². The molecule has 19 heavy (non-hydrogen) atoms. The number of nitrogens with zero attached hydrogens (tertiary/aromatic N) is 1. The molecule has 1 heterocycles. The Balaban J connectivity index is 2.12. The predicted molar refractivity (Wildman–Crippen MR) is 74.8 cm³/mol. The first kappa shape index (κ1) is 13.3. The molecule has 1 aromatic heterocycles. The van der Waals surface area contributed by atoms with Crippen LogP contribution in [0, 0.1) is 0 Å².